The number of halogens is 2. The van der Waals surface area contributed by atoms with Gasteiger partial charge in [0.15, 0.2) is 0 Å². The molecular weight excluding hydrogens is 293 g/mol. The van der Waals surface area contributed by atoms with Gasteiger partial charge in [-0.25, -0.2) is 9.37 Å². The molecule has 6 heteroatoms. The van der Waals surface area contributed by atoms with E-state index in [0.717, 1.165) is 6.07 Å². The van der Waals surface area contributed by atoms with Gasteiger partial charge in [0.2, 0.25) is 0 Å². The Kier molecular flexibility index (Phi) is 4.51. The summed E-state index contributed by atoms with van der Waals surface area (Å²) in [6.07, 6.45) is 0.629. The second-order valence-electron chi connectivity index (χ2n) is 4.25. The van der Waals surface area contributed by atoms with Crippen LogP contribution in [0.15, 0.2) is 30.3 Å². The zero-order valence-electron chi connectivity index (χ0n) is 11.2. The third-order valence-corrected chi connectivity index (χ3v) is 3.04. The van der Waals surface area contributed by atoms with Crippen LogP contribution in [-0.4, -0.2) is 10.9 Å². The molecule has 1 amide bonds. The molecule has 0 fully saturated rings. The highest BCUT2D eigenvalue weighted by Crippen LogP contribution is 2.19. The molecule has 2 rings (SSSR count). The molecule has 1 aromatic carbocycles. The fraction of sp³-hybridized carbons (Fsp3) is 0.133. The largest absolute Gasteiger partial charge is 0.321 e. The van der Waals surface area contributed by atoms with Crippen LogP contribution in [0.1, 0.15) is 28.5 Å². The summed E-state index contributed by atoms with van der Waals surface area (Å²) in [7, 11) is 0. The molecule has 0 bridgehead atoms. The Balaban J connectivity index is 2.33. The zero-order chi connectivity index (χ0) is 15.4. The monoisotopic (exact) mass is 303 g/mol. The Hall–Kier alpha value is -2.45. The van der Waals surface area contributed by atoms with Gasteiger partial charge >= 0.3 is 0 Å². The number of hydrogen-bond acceptors (Lipinski definition) is 3. The molecule has 0 spiro atoms. The van der Waals surface area contributed by atoms with Crippen LogP contribution in [0.2, 0.25) is 5.15 Å². The van der Waals surface area contributed by atoms with Gasteiger partial charge in [0, 0.05) is 11.3 Å². The average molecular weight is 304 g/mol. The molecule has 1 aromatic heterocycles. The number of aryl methyl sites for hydroxylation is 1. The summed E-state index contributed by atoms with van der Waals surface area (Å²) >= 11 is 5.86. The molecule has 2 aromatic rings. The van der Waals surface area contributed by atoms with Crippen molar-refractivity contribution in [3.05, 3.63) is 58.1 Å². The highest BCUT2D eigenvalue weighted by Gasteiger charge is 2.13. The summed E-state index contributed by atoms with van der Waals surface area (Å²) in [5.41, 5.74) is 0.891. The maximum absolute atomic E-state index is 13.5. The molecular formula is C15H11ClFN3O. The van der Waals surface area contributed by atoms with Crippen LogP contribution in [0, 0.1) is 17.1 Å². The van der Waals surface area contributed by atoms with Crippen LogP contribution in [0.3, 0.4) is 0 Å². The second kappa shape index (κ2) is 6.33. The lowest BCUT2D eigenvalue weighted by Crippen LogP contribution is -2.14. The number of rotatable bonds is 3. The zero-order valence-corrected chi connectivity index (χ0v) is 11.9. The standard InChI is InChI=1S/C15H11ClFN3O/c1-2-10-6-9(7-14(16)19-10)15(21)20-13-5-3-4-12(17)11(13)8-18/h3-7H,2H2,1H3,(H,20,21). The first-order valence-electron chi connectivity index (χ1n) is 6.21. The number of amides is 1. The number of nitriles is 1. The van der Waals surface area contributed by atoms with E-state index < -0.39 is 11.7 Å². The number of hydrogen-bond donors (Lipinski definition) is 1. The minimum atomic E-state index is -0.683. The van der Waals surface area contributed by atoms with E-state index in [1.165, 1.54) is 18.2 Å². The quantitative estimate of drug-likeness (QED) is 0.882. The molecule has 0 saturated heterocycles. The predicted octanol–water partition coefficient (Wildman–Crippen LogP) is 3.56. The Bertz CT molecular complexity index is 740. The Morgan fingerprint density at radius 3 is 2.90 bits per heavy atom. The minimum Gasteiger partial charge on any atom is -0.321 e. The molecule has 0 atom stereocenters. The minimum absolute atomic E-state index is 0.119. The van der Waals surface area contributed by atoms with Crippen LogP contribution >= 0.6 is 11.6 Å². The van der Waals surface area contributed by atoms with E-state index in [1.54, 1.807) is 12.1 Å². The first-order chi connectivity index (χ1) is 10.0. The first-order valence-corrected chi connectivity index (χ1v) is 6.59. The molecule has 1 N–H and O–H groups in total. The van der Waals surface area contributed by atoms with Crippen molar-refractivity contribution in [2.75, 3.05) is 5.32 Å². The number of pyridine rings is 1. The van der Waals surface area contributed by atoms with E-state index in [-0.39, 0.29) is 16.4 Å². The van der Waals surface area contributed by atoms with Crippen molar-refractivity contribution in [2.45, 2.75) is 13.3 Å². The summed E-state index contributed by atoms with van der Waals surface area (Å²) in [5, 5.41) is 11.7. The van der Waals surface area contributed by atoms with Crippen molar-refractivity contribution in [2.24, 2.45) is 0 Å². The fourth-order valence-electron chi connectivity index (χ4n) is 1.80. The molecule has 106 valence electrons. The third-order valence-electron chi connectivity index (χ3n) is 2.85. The number of anilines is 1. The maximum atomic E-state index is 13.5. The van der Waals surface area contributed by atoms with E-state index in [1.807, 2.05) is 6.92 Å². The SMILES string of the molecule is CCc1cc(C(=O)Nc2cccc(F)c2C#N)cc(Cl)n1. The molecule has 0 saturated carbocycles. The van der Waals surface area contributed by atoms with Gasteiger partial charge in [-0.3, -0.25) is 4.79 Å². The Morgan fingerprint density at radius 2 is 2.24 bits per heavy atom. The third kappa shape index (κ3) is 3.36. The molecule has 1 heterocycles. The van der Waals surface area contributed by atoms with Gasteiger partial charge in [-0.15, -0.1) is 0 Å². The van der Waals surface area contributed by atoms with E-state index in [4.69, 9.17) is 16.9 Å². The van der Waals surface area contributed by atoms with Crippen molar-refractivity contribution in [1.82, 2.24) is 4.98 Å². The van der Waals surface area contributed by atoms with E-state index in [2.05, 4.69) is 10.3 Å². The van der Waals surface area contributed by atoms with Crippen molar-refractivity contribution in [1.29, 1.82) is 5.26 Å². The lowest BCUT2D eigenvalue weighted by Gasteiger charge is -2.08. The molecule has 4 nitrogen and oxygen atoms in total. The van der Waals surface area contributed by atoms with Crippen LogP contribution in [0.5, 0.6) is 0 Å². The molecule has 0 aliphatic heterocycles. The van der Waals surface area contributed by atoms with Crippen LogP contribution in [0.25, 0.3) is 0 Å². The molecule has 0 radical (unpaired) electrons. The molecule has 21 heavy (non-hydrogen) atoms. The number of nitrogens with one attached hydrogen (secondary N) is 1. The molecule has 0 unspecified atom stereocenters. The normalized spacial score (nSPS) is 10.0. The maximum Gasteiger partial charge on any atom is 0.255 e. The van der Waals surface area contributed by atoms with Crippen molar-refractivity contribution >= 4 is 23.2 Å². The summed E-state index contributed by atoms with van der Waals surface area (Å²) < 4.78 is 13.5. The van der Waals surface area contributed by atoms with Crippen molar-refractivity contribution < 1.29 is 9.18 Å². The van der Waals surface area contributed by atoms with Crippen LogP contribution < -0.4 is 5.32 Å². The van der Waals surface area contributed by atoms with Gasteiger partial charge in [-0.1, -0.05) is 24.6 Å². The number of carbonyl (C=O) groups excluding carboxylic acids is 1. The predicted molar refractivity (Wildman–Crippen MR) is 77.7 cm³/mol. The number of nitrogens with zero attached hydrogens (tertiary/aromatic N) is 2. The van der Waals surface area contributed by atoms with Crippen molar-refractivity contribution in [3.63, 3.8) is 0 Å². The van der Waals surface area contributed by atoms with Gasteiger partial charge in [-0.05, 0) is 30.7 Å². The summed E-state index contributed by atoms with van der Waals surface area (Å²) in [6, 6.07) is 8.79. The van der Waals surface area contributed by atoms with Crippen molar-refractivity contribution in [3.8, 4) is 6.07 Å². The van der Waals surface area contributed by atoms with E-state index in [0.29, 0.717) is 17.7 Å². The summed E-state index contributed by atoms with van der Waals surface area (Å²) in [6.45, 7) is 1.89. The summed E-state index contributed by atoms with van der Waals surface area (Å²) in [5.74, 6) is -1.16. The fourth-order valence-corrected chi connectivity index (χ4v) is 2.03. The van der Waals surface area contributed by atoms with Gasteiger partial charge < -0.3 is 5.32 Å². The lowest BCUT2D eigenvalue weighted by atomic mass is 10.1. The Morgan fingerprint density at radius 1 is 1.48 bits per heavy atom. The number of carbonyl (C=O) groups is 1. The van der Waals surface area contributed by atoms with E-state index >= 15 is 0 Å². The van der Waals surface area contributed by atoms with Gasteiger partial charge in [0.25, 0.3) is 5.91 Å². The van der Waals surface area contributed by atoms with Crippen LogP contribution in [-0.2, 0) is 6.42 Å². The lowest BCUT2D eigenvalue weighted by molar-refractivity contribution is 0.102. The van der Waals surface area contributed by atoms with Gasteiger partial charge in [0.1, 0.15) is 22.6 Å². The van der Waals surface area contributed by atoms with E-state index in [9.17, 15) is 9.18 Å². The highest BCUT2D eigenvalue weighted by atomic mass is 35.5. The number of benzene rings is 1. The average Bonchev–Trinajstić information content (AvgIpc) is 2.46. The topological polar surface area (TPSA) is 65.8 Å². The van der Waals surface area contributed by atoms with Gasteiger partial charge in [0.05, 0.1) is 5.69 Å². The summed E-state index contributed by atoms with van der Waals surface area (Å²) in [4.78, 5) is 16.2. The Labute approximate surface area is 126 Å². The highest BCUT2D eigenvalue weighted by molar-refractivity contribution is 6.29. The molecule has 0 aliphatic carbocycles. The second-order valence-corrected chi connectivity index (χ2v) is 4.64. The van der Waals surface area contributed by atoms with Crippen LogP contribution in [0.4, 0.5) is 10.1 Å². The number of aromatic nitrogens is 1. The van der Waals surface area contributed by atoms with Gasteiger partial charge in [-0.2, -0.15) is 5.26 Å². The first kappa shape index (κ1) is 14.9. The smallest absolute Gasteiger partial charge is 0.255 e. The molecule has 0 aliphatic rings.